The summed E-state index contributed by atoms with van der Waals surface area (Å²) in [5, 5.41) is 12.1. The third kappa shape index (κ3) is 5.12. The number of carbonyl (C=O) groups is 3. The molecule has 0 saturated heterocycles. The Balaban J connectivity index is 1.68. The molecule has 2 N–H and O–H groups in total. The minimum absolute atomic E-state index is 0.0642. The molecule has 1 heterocycles. The summed E-state index contributed by atoms with van der Waals surface area (Å²) in [5.74, 6) is -0.333. The van der Waals surface area contributed by atoms with Crippen LogP contribution in [0.1, 0.15) is 73.7 Å². The van der Waals surface area contributed by atoms with Crippen LogP contribution in [0.4, 0.5) is 5.69 Å². The van der Waals surface area contributed by atoms with Gasteiger partial charge in [-0.3, -0.25) is 14.4 Å². The SMILES string of the molecule is CN1C(=O)CCc2cc(C(=O)NC(CCC(=O)O)CC3CCCCC3)ccc21. The zero-order valence-electron chi connectivity index (χ0n) is 16.6. The number of anilines is 1. The van der Waals surface area contributed by atoms with Gasteiger partial charge >= 0.3 is 5.97 Å². The van der Waals surface area contributed by atoms with Crippen molar-refractivity contribution in [2.24, 2.45) is 5.92 Å². The second kappa shape index (κ2) is 9.22. The van der Waals surface area contributed by atoms with Gasteiger partial charge in [-0.05, 0) is 48.9 Å². The Kier molecular flexibility index (Phi) is 6.70. The zero-order valence-corrected chi connectivity index (χ0v) is 16.6. The molecule has 1 fully saturated rings. The van der Waals surface area contributed by atoms with Crippen molar-refractivity contribution in [1.29, 1.82) is 0 Å². The molecule has 1 atom stereocenters. The maximum absolute atomic E-state index is 12.8. The molecule has 1 aromatic carbocycles. The summed E-state index contributed by atoms with van der Waals surface area (Å²) in [5.41, 5.74) is 2.44. The first-order valence-corrected chi connectivity index (χ1v) is 10.4. The largest absolute Gasteiger partial charge is 0.481 e. The summed E-state index contributed by atoms with van der Waals surface area (Å²) in [7, 11) is 1.76. The van der Waals surface area contributed by atoms with Crippen LogP contribution in [0.3, 0.4) is 0 Å². The second-order valence-electron chi connectivity index (χ2n) is 8.14. The molecule has 0 aromatic heterocycles. The highest BCUT2D eigenvalue weighted by Crippen LogP contribution is 2.29. The van der Waals surface area contributed by atoms with E-state index in [2.05, 4.69) is 5.32 Å². The van der Waals surface area contributed by atoms with Gasteiger partial charge in [-0.15, -0.1) is 0 Å². The number of benzene rings is 1. The lowest BCUT2D eigenvalue weighted by molar-refractivity contribution is -0.137. The highest BCUT2D eigenvalue weighted by atomic mass is 16.4. The van der Waals surface area contributed by atoms with Crippen LogP contribution in [0, 0.1) is 5.92 Å². The quantitative estimate of drug-likeness (QED) is 0.750. The molecule has 3 rings (SSSR count). The molecule has 0 radical (unpaired) electrons. The third-order valence-corrected chi connectivity index (χ3v) is 6.07. The van der Waals surface area contributed by atoms with Gasteiger partial charge in [0.15, 0.2) is 0 Å². The Hall–Kier alpha value is -2.37. The van der Waals surface area contributed by atoms with Gasteiger partial charge < -0.3 is 15.3 Å². The van der Waals surface area contributed by atoms with Crippen molar-refractivity contribution in [3.63, 3.8) is 0 Å². The van der Waals surface area contributed by atoms with E-state index in [1.54, 1.807) is 18.0 Å². The van der Waals surface area contributed by atoms with Crippen molar-refractivity contribution < 1.29 is 19.5 Å². The number of carbonyl (C=O) groups excluding carboxylic acids is 2. The zero-order chi connectivity index (χ0) is 20.1. The van der Waals surface area contributed by atoms with Gasteiger partial charge in [-0.1, -0.05) is 32.1 Å². The fraction of sp³-hybridized carbons (Fsp3) is 0.591. The van der Waals surface area contributed by atoms with Crippen molar-refractivity contribution in [3.05, 3.63) is 29.3 Å². The number of amides is 2. The van der Waals surface area contributed by atoms with E-state index in [0.717, 1.165) is 17.7 Å². The highest BCUT2D eigenvalue weighted by molar-refractivity contribution is 5.99. The van der Waals surface area contributed by atoms with Crippen LogP contribution in [0.5, 0.6) is 0 Å². The molecule has 6 nitrogen and oxygen atoms in total. The minimum atomic E-state index is -0.829. The molecule has 1 aliphatic carbocycles. The van der Waals surface area contributed by atoms with E-state index in [-0.39, 0.29) is 24.3 Å². The standard InChI is InChI=1S/C22H30N2O4/c1-24-19-10-7-17(14-16(19)8-11-20(24)25)22(28)23-18(9-12-21(26)27)13-15-5-3-2-4-6-15/h7,10,14-15,18H,2-6,8-9,11-13H2,1H3,(H,23,28)(H,26,27). The van der Waals surface area contributed by atoms with Gasteiger partial charge in [0.1, 0.15) is 0 Å². The first-order valence-electron chi connectivity index (χ1n) is 10.4. The molecule has 2 aliphatic rings. The van der Waals surface area contributed by atoms with Crippen molar-refractivity contribution >= 4 is 23.5 Å². The number of nitrogens with zero attached hydrogens (tertiary/aromatic N) is 1. The predicted octanol–water partition coefficient (Wildman–Crippen LogP) is 3.53. The van der Waals surface area contributed by atoms with Gasteiger partial charge in [-0.25, -0.2) is 0 Å². The van der Waals surface area contributed by atoms with E-state index < -0.39 is 5.97 Å². The summed E-state index contributed by atoms with van der Waals surface area (Å²) >= 11 is 0. The van der Waals surface area contributed by atoms with Crippen molar-refractivity contribution in [1.82, 2.24) is 5.32 Å². The number of carboxylic acids is 1. The number of aliphatic carboxylic acids is 1. The van der Waals surface area contributed by atoms with E-state index in [1.807, 2.05) is 12.1 Å². The average molecular weight is 386 g/mol. The molecule has 1 aliphatic heterocycles. The number of rotatable bonds is 7. The number of nitrogens with one attached hydrogen (secondary N) is 1. The summed E-state index contributed by atoms with van der Waals surface area (Å²) in [6.45, 7) is 0. The van der Waals surface area contributed by atoms with Crippen LogP contribution in [0.15, 0.2) is 18.2 Å². The number of aryl methyl sites for hydroxylation is 1. The van der Waals surface area contributed by atoms with Crippen LogP contribution in [0.25, 0.3) is 0 Å². The summed E-state index contributed by atoms with van der Waals surface area (Å²) < 4.78 is 0. The molecule has 6 heteroatoms. The Morgan fingerprint density at radius 2 is 1.96 bits per heavy atom. The van der Waals surface area contributed by atoms with Crippen molar-refractivity contribution in [2.75, 3.05) is 11.9 Å². The minimum Gasteiger partial charge on any atom is -0.481 e. The number of fused-ring (bicyclic) bond motifs is 1. The molecule has 1 unspecified atom stereocenters. The Morgan fingerprint density at radius 3 is 2.68 bits per heavy atom. The van der Waals surface area contributed by atoms with Gasteiger partial charge in [0.05, 0.1) is 0 Å². The molecular formula is C22H30N2O4. The van der Waals surface area contributed by atoms with Crippen LogP contribution in [-0.4, -0.2) is 36.0 Å². The third-order valence-electron chi connectivity index (χ3n) is 6.07. The lowest BCUT2D eigenvalue weighted by Crippen LogP contribution is -2.37. The monoisotopic (exact) mass is 386 g/mol. The fourth-order valence-corrected chi connectivity index (χ4v) is 4.44. The van der Waals surface area contributed by atoms with E-state index >= 15 is 0 Å². The number of hydrogen-bond donors (Lipinski definition) is 2. The van der Waals surface area contributed by atoms with Gasteiger partial charge in [-0.2, -0.15) is 0 Å². The van der Waals surface area contributed by atoms with Crippen molar-refractivity contribution in [2.45, 2.75) is 70.3 Å². The Labute approximate surface area is 166 Å². The van der Waals surface area contributed by atoms with Crippen LogP contribution in [-0.2, 0) is 16.0 Å². The number of hydrogen-bond acceptors (Lipinski definition) is 3. The molecule has 1 aromatic rings. The summed E-state index contributed by atoms with van der Waals surface area (Å²) in [4.78, 5) is 37.3. The number of carboxylic acid groups (broad SMARTS) is 1. The highest BCUT2D eigenvalue weighted by Gasteiger charge is 2.24. The van der Waals surface area contributed by atoms with Crippen LogP contribution >= 0.6 is 0 Å². The average Bonchev–Trinajstić information content (AvgIpc) is 2.69. The van der Waals surface area contributed by atoms with Crippen molar-refractivity contribution in [3.8, 4) is 0 Å². The Bertz CT molecular complexity index is 740. The van der Waals surface area contributed by atoms with E-state index in [0.29, 0.717) is 30.7 Å². The molecule has 2 amide bonds. The van der Waals surface area contributed by atoms with Gasteiger partial charge in [0, 0.05) is 37.2 Å². The lowest BCUT2D eigenvalue weighted by Gasteiger charge is -2.28. The van der Waals surface area contributed by atoms with E-state index in [1.165, 1.54) is 32.1 Å². The maximum atomic E-state index is 12.8. The molecule has 28 heavy (non-hydrogen) atoms. The Morgan fingerprint density at radius 1 is 1.21 bits per heavy atom. The van der Waals surface area contributed by atoms with Gasteiger partial charge in [0.2, 0.25) is 5.91 Å². The predicted molar refractivity (Wildman–Crippen MR) is 107 cm³/mol. The molecule has 0 spiro atoms. The topological polar surface area (TPSA) is 86.7 Å². The maximum Gasteiger partial charge on any atom is 0.303 e. The molecule has 0 bridgehead atoms. The smallest absolute Gasteiger partial charge is 0.303 e. The van der Waals surface area contributed by atoms with E-state index in [4.69, 9.17) is 5.11 Å². The van der Waals surface area contributed by atoms with Gasteiger partial charge in [0.25, 0.3) is 5.91 Å². The molecule has 1 saturated carbocycles. The normalized spacial score (nSPS) is 18.5. The second-order valence-corrected chi connectivity index (χ2v) is 8.14. The van der Waals surface area contributed by atoms with E-state index in [9.17, 15) is 14.4 Å². The van der Waals surface area contributed by atoms with Crippen LogP contribution in [0.2, 0.25) is 0 Å². The summed E-state index contributed by atoms with van der Waals surface area (Å²) in [6, 6.07) is 5.32. The molecular weight excluding hydrogens is 356 g/mol. The van der Waals surface area contributed by atoms with Crippen LogP contribution < -0.4 is 10.2 Å². The first kappa shape index (κ1) is 20.4. The lowest BCUT2D eigenvalue weighted by atomic mass is 9.84. The fourth-order valence-electron chi connectivity index (χ4n) is 4.44. The molecule has 152 valence electrons. The summed E-state index contributed by atoms with van der Waals surface area (Å²) in [6.07, 6.45) is 8.52. The first-order chi connectivity index (χ1) is 13.4.